The van der Waals surface area contributed by atoms with Crippen molar-refractivity contribution >= 4 is 0 Å². The maximum Gasteiger partial charge on any atom is 3.00 e. The fourth-order valence-electron chi connectivity index (χ4n) is 0.910. The second-order valence-electron chi connectivity index (χ2n) is 3.13. The average Bonchev–Trinajstić information content (AvgIpc) is 2.91. The number of allylic oxidation sites excluding steroid dienone is 3. The Labute approximate surface area is 197 Å². The Hall–Kier alpha value is -2.82. The van der Waals surface area contributed by atoms with E-state index in [1.807, 2.05) is 36.5 Å². The van der Waals surface area contributed by atoms with Gasteiger partial charge in [-0.25, -0.2) is 0 Å². The molecule has 0 atom stereocenters. The van der Waals surface area contributed by atoms with Crippen LogP contribution >= 0.6 is 0 Å². The molecule has 29 heavy (non-hydrogen) atoms. The van der Waals surface area contributed by atoms with Gasteiger partial charge in [0.25, 0.3) is 0 Å². The smallest absolute Gasteiger partial charge is 0.457 e. The van der Waals surface area contributed by atoms with Crippen LogP contribution in [0.1, 0.15) is 0 Å². The molecule has 0 saturated carbocycles. The predicted octanol–water partition coefficient (Wildman–Crippen LogP) is -2.40. The molecule has 2 aliphatic heterocycles. The summed E-state index contributed by atoms with van der Waals surface area (Å²) < 4.78 is 0. The summed E-state index contributed by atoms with van der Waals surface area (Å²) in [6.45, 7) is 0. The molecule has 2 rings (SSSR count). The Morgan fingerprint density at radius 2 is 0.966 bits per heavy atom. The normalized spacial score (nSPS) is 10.7. The Balaban J connectivity index is -0.0000000495. The number of hydrogen-bond acceptors (Lipinski definition) is 14. The number of rotatable bonds is 0. The first-order valence-corrected chi connectivity index (χ1v) is 5.15. The van der Waals surface area contributed by atoms with E-state index in [1.54, 1.807) is 0 Å². The third-order valence-electron chi connectivity index (χ3n) is 1.56. The summed E-state index contributed by atoms with van der Waals surface area (Å²) in [5.41, 5.74) is 0.929. The van der Waals surface area contributed by atoms with E-state index in [0.29, 0.717) is 5.82 Å². The first-order valence-electron chi connectivity index (χ1n) is 5.15. The second kappa shape index (κ2) is 27.4. The minimum Gasteiger partial charge on any atom is -0.457 e. The van der Waals surface area contributed by atoms with Gasteiger partial charge in [-0.2, -0.15) is 0 Å². The van der Waals surface area contributed by atoms with Crippen LogP contribution in [0.3, 0.4) is 0 Å². The van der Waals surface area contributed by atoms with Crippen molar-refractivity contribution in [2.75, 3.05) is 7.05 Å². The number of hydrogen-bond donors (Lipinski definition) is 0. The van der Waals surface area contributed by atoms with E-state index in [1.165, 1.54) is 0 Å². The molecule has 0 spiro atoms. The van der Waals surface area contributed by atoms with E-state index >= 15 is 0 Å². The molecule has 0 aromatic heterocycles. The van der Waals surface area contributed by atoms with Crippen molar-refractivity contribution in [1.29, 1.82) is 0 Å². The van der Waals surface area contributed by atoms with Crippen LogP contribution in [0.25, 0.3) is 0 Å². The van der Waals surface area contributed by atoms with E-state index in [0.717, 1.165) is 5.57 Å². The first-order chi connectivity index (χ1) is 11.1. The molecule has 0 aromatic carbocycles. The molecule has 2 aliphatic rings. The summed E-state index contributed by atoms with van der Waals surface area (Å²) in [6.07, 6.45) is 7.68. The van der Waals surface area contributed by atoms with Crippen molar-refractivity contribution in [2.24, 2.45) is 20.7 Å². The van der Waals surface area contributed by atoms with Crippen molar-refractivity contribution in [3.05, 3.63) is 81.9 Å². The third-order valence-corrected chi connectivity index (χ3v) is 1.56. The van der Waals surface area contributed by atoms with Crippen LogP contribution in [0.5, 0.6) is 0 Å². The van der Waals surface area contributed by atoms with Crippen LogP contribution in [-0.2, 0) is 21.9 Å². The molecule has 0 unspecified atom stereocenters. The van der Waals surface area contributed by atoms with Crippen LogP contribution in [0, 0.1) is 92.9 Å². The quantitative estimate of drug-likeness (QED) is 0.162. The van der Waals surface area contributed by atoms with E-state index in [4.69, 9.17) is 46.0 Å². The zero-order chi connectivity index (χ0) is 19.1. The van der Waals surface area contributed by atoms with E-state index in [2.05, 4.69) is 20.7 Å². The molecule has 0 aromatic rings. The molecule has 1 radical (unpaired) electrons. The van der Waals surface area contributed by atoms with Gasteiger partial charge in [0.1, 0.15) is 0 Å². The Kier molecular flexibility index (Phi) is 42.6. The molecule has 175 valence electrons. The van der Waals surface area contributed by atoms with Crippen molar-refractivity contribution in [2.45, 2.75) is 0 Å². The zero-order valence-corrected chi connectivity index (χ0v) is 15.9. The molecule has 0 fully saturated rings. The maximum absolute atomic E-state index is 8.25. The van der Waals surface area contributed by atoms with Gasteiger partial charge < -0.3 is 72.8 Å². The molecule has 22 heteroatoms. The van der Waals surface area contributed by atoms with Crippen LogP contribution in [0.15, 0.2) is 56.6 Å². The van der Waals surface area contributed by atoms with Crippen molar-refractivity contribution < 1.29 is 84.1 Å². The largest absolute Gasteiger partial charge is 3.00 e. The molecule has 0 aliphatic carbocycles. The monoisotopic (exact) mass is 597 g/mol. The summed E-state index contributed by atoms with van der Waals surface area (Å²) in [6, 6.07) is 0. The Morgan fingerprint density at radius 1 is 0.724 bits per heavy atom. The maximum atomic E-state index is 8.25. The summed E-state index contributed by atoms with van der Waals surface area (Å²) in [5, 5.41) is 58.5. The predicted molar refractivity (Wildman–Crippen MR) is 93.4 cm³/mol. The van der Waals surface area contributed by atoms with E-state index in [-0.39, 0.29) is 68.8 Å². The van der Waals surface area contributed by atoms with Crippen LogP contribution < -0.4 is 0 Å². The van der Waals surface area contributed by atoms with Gasteiger partial charge in [-0.15, -0.1) is 10.2 Å². The molecular weight excluding hydrogens is 577 g/mol. The summed E-state index contributed by atoms with van der Waals surface area (Å²) in [5.74, 6) is 0.565. The molecule has 2 heterocycles. The molecule has 0 bridgehead atoms. The van der Waals surface area contributed by atoms with Crippen LogP contribution in [0.2, 0.25) is 0 Å². The molecule has 0 saturated heterocycles. The minimum absolute atomic E-state index is 0. The molecule has 21 nitrogen and oxygen atoms in total. The number of nitrogens with zero attached hydrogens (tertiary/aromatic N) is 8. The van der Waals surface area contributed by atoms with E-state index in [9.17, 15) is 0 Å². The fraction of sp³-hybridized carbons (Fsp3) is 0.143. The van der Waals surface area contributed by atoms with Crippen LogP contribution in [-0.4, -0.2) is 27.2 Å². The van der Waals surface area contributed by atoms with Crippen molar-refractivity contribution in [3.8, 4) is 0 Å². The van der Waals surface area contributed by atoms with Gasteiger partial charge in [-0.1, -0.05) is 0 Å². The van der Waals surface area contributed by atoms with Gasteiger partial charge in [0, 0.05) is 25.0 Å². The molecular formula is C7H19N8O13Yb+4. The fourth-order valence-corrected chi connectivity index (χ4v) is 0.910. The van der Waals surface area contributed by atoms with Gasteiger partial charge in [0.15, 0.2) is 0 Å². The molecule has 12 N–H and O–H groups in total. The summed E-state index contributed by atoms with van der Waals surface area (Å²) in [7, 11) is 1.95. The van der Waals surface area contributed by atoms with Crippen molar-refractivity contribution in [1.82, 2.24) is 4.90 Å². The van der Waals surface area contributed by atoms with Gasteiger partial charge in [-0.3, -0.25) is 0 Å². The average molecular weight is 596 g/mol. The SMILES string of the molecule is CN1C=CC(=C2N=NN=N2)C=C1.O=[N+]([O-])[O-].O=[N+]([O-])[O-].O=[N+]([O-])[O-].[OH3+].[OH3+].[OH3+].[OH3+].[Yb+3]. The van der Waals surface area contributed by atoms with Gasteiger partial charge >= 0.3 is 46.9 Å². The Bertz CT molecular complexity index is 535. The molecule has 0 amide bonds. The van der Waals surface area contributed by atoms with Gasteiger partial charge in [0.05, 0.1) is 15.3 Å². The summed E-state index contributed by atoms with van der Waals surface area (Å²) in [4.78, 5) is 26.7. The first kappa shape index (κ1) is 45.1. The van der Waals surface area contributed by atoms with Crippen molar-refractivity contribution in [3.63, 3.8) is 0 Å². The second-order valence-corrected chi connectivity index (χ2v) is 3.13. The van der Waals surface area contributed by atoms with Gasteiger partial charge in [-0.05, 0) is 22.6 Å². The van der Waals surface area contributed by atoms with Crippen LogP contribution in [0.4, 0.5) is 0 Å². The van der Waals surface area contributed by atoms with E-state index < -0.39 is 15.3 Å². The standard InChI is InChI=1S/C7H7N5.3NO3.4H2O.Yb/c1-12-4-2-6(3-5-12)7-8-10-11-9-7;3*2-1(3)4;;;;;/h2-5H,1H3;;;;4*1H2;/q;3*-1;;;;;+3/p+4. The Morgan fingerprint density at radius 3 is 1.21 bits per heavy atom. The van der Waals surface area contributed by atoms with Gasteiger partial charge in [0.2, 0.25) is 5.82 Å². The zero-order valence-electron chi connectivity index (χ0n) is 14.1. The third kappa shape index (κ3) is 40.9. The summed E-state index contributed by atoms with van der Waals surface area (Å²) >= 11 is 0. The minimum atomic E-state index is -1.75. The topological polar surface area (TPSA) is 383 Å².